The van der Waals surface area contributed by atoms with Gasteiger partial charge in [0, 0.05) is 53.2 Å². The van der Waals surface area contributed by atoms with E-state index in [1.54, 1.807) is 28.0 Å². The summed E-state index contributed by atoms with van der Waals surface area (Å²) in [7, 11) is 0. The summed E-state index contributed by atoms with van der Waals surface area (Å²) in [5.74, 6) is 6.17. The molecule has 1 saturated carbocycles. The number of hydrogen-bond donors (Lipinski definition) is 0. The summed E-state index contributed by atoms with van der Waals surface area (Å²) in [5.41, 5.74) is 9.93. The maximum absolute atomic E-state index is 3.11. The van der Waals surface area contributed by atoms with Crippen molar-refractivity contribution in [2.24, 2.45) is 53.3 Å². The predicted octanol–water partition coefficient (Wildman–Crippen LogP) is 13.2. The van der Waals surface area contributed by atoms with Crippen LogP contribution in [0.1, 0.15) is 116 Å². The molecule has 0 aromatic carbocycles. The molecule has 0 radical (unpaired) electrons. The normalized spacial score (nSPS) is 41.9. The van der Waals surface area contributed by atoms with Gasteiger partial charge in [0.2, 0.25) is 0 Å². The van der Waals surface area contributed by atoms with Crippen molar-refractivity contribution in [1.82, 2.24) is 9.80 Å². The summed E-state index contributed by atoms with van der Waals surface area (Å²) < 4.78 is 0. The Morgan fingerprint density at radius 2 is 1.49 bits per heavy atom. The first-order chi connectivity index (χ1) is 28.2. The molecule has 0 N–H and O–H groups in total. The van der Waals surface area contributed by atoms with Crippen LogP contribution < -0.4 is 0 Å². The molecule has 2 nitrogen and oxygen atoms in total. The van der Waals surface area contributed by atoms with Crippen molar-refractivity contribution in [2.45, 2.75) is 140 Å². The monoisotopic (exact) mass is 757 g/mol. The number of fused-ring (bicyclic) bond motifs is 6. The average Bonchev–Trinajstić information content (AvgIpc) is 3.78. The lowest BCUT2D eigenvalue weighted by Crippen LogP contribution is -2.41. The Balaban J connectivity index is 0.919. The minimum Gasteiger partial charge on any atom is -0.365 e. The van der Waals surface area contributed by atoms with Crippen LogP contribution in [0.25, 0.3) is 0 Å². The first-order valence-electron chi connectivity index (χ1n) is 24.0. The van der Waals surface area contributed by atoms with Gasteiger partial charge in [-0.15, -0.1) is 0 Å². The second kappa shape index (κ2) is 15.6. The van der Waals surface area contributed by atoms with Crippen LogP contribution in [0.5, 0.6) is 0 Å². The van der Waals surface area contributed by atoms with E-state index < -0.39 is 0 Å². The Kier molecular flexibility index (Phi) is 9.99. The van der Waals surface area contributed by atoms with Gasteiger partial charge < -0.3 is 9.80 Å². The highest BCUT2D eigenvalue weighted by Crippen LogP contribution is 2.55. The van der Waals surface area contributed by atoms with E-state index in [-0.39, 0.29) is 0 Å². The number of hydrogen-bond acceptors (Lipinski definition) is 2. The fourth-order valence-electron chi connectivity index (χ4n) is 14.4. The zero-order valence-electron chi connectivity index (χ0n) is 34.8. The van der Waals surface area contributed by atoms with Crippen LogP contribution in [0.15, 0.2) is 143 Å². The van der Waals surface area contributed by atoms with Crippen molar-refractivity contribution in [3.05, 3.63) is 143 Å². The zero-order chi connectivity index (χ0) is 37.9. The number of nitrogens with zero attached hydrogens (tertiary/aromatic N) is 2. The molecule has 0 aromatic rings. The van der Waals surface area contributed by atoms with Gasteiger partial charge in [-0.05, 0) is 161 Å². The van der Waals surface area contributed by atoms with Gasteiger partial charge in [0.05, 0.1) is 6.04 Å². The summed E-state index contributed by atoms with van der Waals surface area (Å²) in [6.07, 6.45) is 67.6. The summed E-state index contributed by atoms with van der Waals surface area (Å²) >= 11 is 0. The van der Waals surface area contributed by atoms with Gasteiger partial charge in [0.15, 0.2) is 0 Å². The maximum Gasteiger partial charge on any atom is 0.0510 e. The third kappa shape index (κ3) is 6.78. The quantitative estimate of drug-likeness (QED) is 0.249. The summed E-state index contributed by atoms with van der Waals surface area (Å²) in [6.45, 7) is 2.55. The molecule has 11 rings (SSSR count). The standard InChI is InChI=1S/C55H68N2/c1-37-24-27-49-50-28-25-43(36-55(50)57(54(49)30-37)47-33-44(39-16-7-3-8-17-39)31-45(34-47)40-18-9-4-10-19-40)42-26-29-53-51(35-42)48-22-11-12-23-52(48)56(53)46-21-13-20-41(32-46)38-14-5-2-6-15-38/h2-3,5,7-9,11,13-14,16,18,21-22,31-33,35-37,39-41,45,48-55H,4,6,10,12,15,17,19-20,23-30,34H2,1H3. The highest BCUT2D eigenvalue weighted by atomic mass is 15.2. The second-order valence-corrected chi connectivity index (χ2v) is 20.3. The van der Waals surface area contributed by atoms with Crippen molar-refractivity contribution >= 4 is 0 Å². The molecule has 57 heavy (non-hydrogen) atoms. The van der Waals surface area contributed by atoms with Gasteiger partial charge in [-0.25, -0.2) is 0 Å². The van der Waals surface area contributed by atoms with E-state index in [2.05, 4.69) is 126 Å². The van der Waals surface area contributed by atoms with Crippen LogP contribution in [-0.2, 0) is 0 Å². The summed E-state index contributed by atoms with van der Waals surface area (Å²) in [6, 6.07) is 2.52. The molecule has 0 spiro atoms. The highest BCUT2D eigenvalue weighted by Gasteiger charge is 2.53. The Bertz CT molecular complexity index is 1950. The van der Waals surface area contributed by atoms with E-state index in [1.165, 1.54) is 108 Å². The van der Waals surface area contributed by atoms with Crippen molar-refractivity contribution < 1.29 is 0 Å². The molecule has 13 atom stereocenters. The molecule has 2 saturated heterocycles. The van der Waals surface area contributed by atoms with Crippen LogP contribution in [0.4, 0.5) is 0 Å². The molecule has 13 unspecified atom stereocenters. The highest BCUT2D eigenvalue weighted by molar-refractivity contribution is 5.43. The first kappa shape index (κ1) is 36.6. The maximum atomic E-state index is 3.11. The molecule has 2 heteroatoms. The van der Waals surface area contributed by atoms with E-state index in [0.717, 1.165) is 24.2 Å². The van der Waals surface area contributed by atoms with E-state index in [1.807, 2.05) is 0 Å². The lowest BCUT2D eigenvalue weighted by atomic mass is 9.70. The molecule has 2 heterocycles. The van der Waals surface area contributed by atoms with Gasteiger partial charge in [-0.2, -0.15) is 0 Å². The Hall–Kier alpha value is -3.52. The molecular weight excluding hydrogens is 689 g/mol. The lowest BCUT2D eigenvalue weighted by Gasteiger charge is -2.42. The fourth-order valence-corrected chi connectivity index (χ4v) is 14.4. The van der Waals surface area contributed by atoms with Gasteiger partial charge >= 0.3 is 0 Å². The molecule has 0 aromatic heterocycles. The third-order valence-electron chi connectivity index (χ3n) is 17.1. The van der Waals surface area contributed by atoms with Crippen molar-refractivity contribution in [3.63, 3.8) is 0 Å². The minimum atomic E-state index is 0.522. The fraction of sp³-hybridized carbons (Fsp3) is 0.564. The van der Waals surface area contributed by atoms with Crippen LogP contribution in [0, 0.1) is 53.3 Å². The number of likely N-dealkylation sites (tertiary alicyclic amines) is 2. The molecule has 3 fully saturated rings. The summed E-state index contributed by atoms with van der Waals surface area (Å²) in [4.78, 5) is 6.07. The van der Waals surface area contributed by atoms with Gasteiger partial charge in [0.1, 0.15) is 0 Å². The van der Waals surface area contributed by atoms with E-state index in [4.69, 9.17) is 0 Å². The third-order valence-corrected chi connectivity index (χ3v) is 17.1. The van der Waals surface area contributed by atoms with Crippen LogP contribution in [0.2, 0.25) is 0 Å². The van der Waals surface area contributed by atoms with Gasteiger partial charge in [0.25, 0.3) is 0 Å². The molecule has 11 aliphatic rings. The zero-order valence-corrected chi connectivity index (χ0v) is 34.8. The Morgan fingerprint density at radius 3 is 2.37 bits per heavy atom. The van der Waals surface area contributed by atoms with Crippen LogP contribution >= 0.6 is 0 Å². The predicted molar refractivity (Wildman–Crippen MR) is 238 cm³/mol. The molecule has 298 valence electrons. The Labute approximate surface area is 345 Å². The molecule has 9 aliphatic carbocycles. The topological polar surface area (TPSA) is 6.48 Å². The van der Waals surface area contributed by atoms with Crippen molar-refractivity contribution in [3.8, 4) is 0 Å². The largest absolute Gasteiger partial charge is 0.365 e. The van der Waals surface area contributed by atoms with Gasteiger partial charge in [-0.3, -0.25) is 0 Å². The van der Waals surface area contributed by atoms with E-state index >= 15 is 0 Å². The molecule has 0 amide bonds. The van der Waals surface area contributed by atoms with Crippen LogP contribution in [0.3, 0.4) is 0 Å². The minimum absolute atomic E-state index is 0.522. The molecule has 0 bridgehead atoms. The number of allylic oxidation sites excluding steroid dienone is 20. The second-order valence-electron chi connectivity index (χ2n) is 20.3. The van der Waals surface area contributed by atoms with E-state index in [9.17, 15) is 0 Å². The van der Waals surface area contributed by atoms with Crippen molar-refractivity contribution in [2.75, 3.05) is 0 Å². The van der Waals surface area contributed by atoms with Gasteiger partial charge in [-0.1, -0.05) is 116 Å². The van der Waals surface area contributed by atoms with Crippen molar-refractivity contribution in [1.29, 1.82) is 0 Å². The molecule has 2 aliphatic heterocycles. The first-order valence-corrected chi connectivity index (χ1v) is 24.0. The average molecular weight is 757 g/mol. The number of rotatable bonds is 6. The Morgan fingerprint density at radius 1 is 0.596 bits per heavy atom. The molecular formula is C55H68N2. The SMILES string of the molecule is CC1CCC2C3CCC(C4=CC5C6C=CCCC6N(C6=CC(C7=CC=CCC7)CC=C6)C5CC4)=CC3N(C3=CC(C4C=CC=CC4)=CC(C4C=CCCC4)C3)C2C1. The van der Waals surface area contributed by atoms with E-state index in [0.29, 0.717) is 59.7 Å². The smallest absolute Gasteiger partial charge is 0.0510 e. The summed E-state index contributed by atoms with van der Waals surface area (Å²) in [5, 5.41) is 0. The van der Waals surface area contributed by atoms with Crippen LogP contribution in [-0.4, -0.2) is 34.0 Å². The lowest BCUT2D eigenvalue weighted by molar-refractivity contribution is 0.161.